The second kappa shape index (κ2) is 4.44. The average Bonchev–Trinajstić information content (AvgIpc) is 2.47. The van der Waals surface area contributed by atoms with Crippen molar-refractivity contribution in [2.24, 2.45) is 0 Å². The van der Waals surface area contributed by atoms with Gasteiger partial charge >= 0.3 is 3.92 Å². The number of aromatic nitrogens is 4. The van der Waals surface area contributed by atoms with E-state index in [-0.39, 0.29) is 0 Å². The van der Waals surface area contributed by atoms with Crippen molar-refractivity contribution < 1.29 is 0 Å². The fourth-order valence-corrected chi connectivity index (χ4v) is 1.00. The summed E-state index contributed by atoms with van der Waals surface area (Å²) in [5.41, 5.74) is 0. The van der Waals surface area contributed by atoms with E-state index >= 15 is 0 Å². The third-order valence-corrected chi connectivity index (χ3v) is 1.89. The fourth-order valence-electron chi connectivity index (χ4n) is 0.786. The van der Waals surface area contributed by atoms with Crippen LogP contribution < -0.4 is 0 Å². The van der Waals surface area contributed by atoms with Gasteiger partial charge in [-0.25, -0.2) is 0 Å². The van der Waals surface area contributed by atoms with E-state index in [9.17, 15) is 0 Å². The summed E-state index contributed by atoms with van der Waals surface area (Å²) in [6.45, 7) is 2.08. The van der Waals surface area contributed by atoms with Gasteiger partial charge in [-0.15, -0.1) is 15.0 Å². The molecule has 0 fully saturated rings. The van der Waals surface area contributed by atoms with Gasteiger partial charge in [0.1, 0.15) is 0 Å². The molecular weight excluding hydrogens is 234 g/mol. The number of aryl methyl sites for hydroxylation is 1. The Bertz CT molecular complexity index is 267. The molecular formula is C6H9Cl3N4. The highest BCUT2D eigenvalue weighted by molar-refractivity contribution is 6.64. The van der Waals surface area contributed by atoms with E-state index in [1.807, 2.05) is 0 Å². The fraction of sp³-hybridized carbons (Fsp3) is 0.833. The van der Waals surface area contributed by atoms with Crippen LogP contribution in [0.4, 0.5) is 0 Å². The number of halogens is 3. The van der Waals surface area contributed by atoms with Crippen molar-refractivity contribution in [1.29, 1.82) is 0 Å². The van der Waals surface area contributed by atoms with Crippen LogP contribution in [0.3, 0.4) is 0 Å². The first-order valence-corrected chi connectivity index (χ1v) is 5.03. The van der Waals surface area contributed by atoms with Crippen molar-refractivity contribution in [2.75, 3.05) is 0 Å². The Labute approximate surface area is 91.1 Å². The maximum absolute atomic E-state index is 5.53. The topological polar surface area (TPSA) is 43.6 Å². The Kier molecular flexibility index (Phi) is 3.76. The van der Waals surface area contributed by atoms with Gasteiger partial charge in [-0.05, 0) is 11.6 Å². The summed E-state index contributed by atoms with van der Waals surface area (Å²) in [5.74, 6) is 0.605. The number of rotatable bonds is 3. The number of nitrogens with zero attached hydrogens (tertiary/aromatic N) is 4. The standard InChI is InChI=1S/C6H9Cl3N4/c1-2-3-4-5-10-12-13(11-5)6(7,8)9/h2-4H2,1H3. The second-order valence-electron chi connectivity index (χ2n) is 2.57. The van der Waals surface area contributed by atoms with Crippen LogP contribution in [0, 0.1) is 0 Å². The van der Waals surface area contributed by atoms with Crippen LogP contribution in [0.2, 0.25) is 0 Å². The number of alkyl halides is 3. The molecule has 0 N–H and O–H groups in total. The SMILES string of the molecule is CCCCc1nnn(C(Cl)(Cl)Cl)n1. The van der Waals surface area contributed by atoms with Gasteiger partial charge in [0, 0.05) is 6.42 Å². The summed E-state index contributed by atoms with van der Waals surface area (Å²) in [5, 5.41) is 11.3. The molecule has 0 aliphatic carbocycles. The molecule has 1 heterocycles. The molecule has 1 aromatic rings. The molecule has 7 heteroatoms. The van der Waals surface area contributed by atoms with Gasteiger partial charge in [0.05, 0.1) is 0 Å². The molecule has 0 saturated heterocycles. The minimum atomic E-state index is -1.64. The summed E-state index contributed by atoms with van der Waals surface area (Å²) >= 11 is 16.6. The molecule has 0 aliphatic heterocycles. The zero-order valence-corrected chi connectivity index (χ0v) is 9.31. The molecule has 0 aromatic carbocycles. The van der Waals surface area contributed by atoms with E-state index in [4.69, 9.17) is 34.8 Å². The van der Waals surface area contributed by atoms with E-state index in [0.29, 0.717) is 5.82 Å². The van der Waals surface area contributed by atoms with Gasteiger partial charge in [-0.3, -0.25) is 0 Å². The van der Waals surface area contributed by atoms with Crippen LogP contribution in [0.5, 0.6) is 0 Å². The predicted molar refractivity (Wildman–Crippen MR) is 52.0 cm³/mol. The van der Waals surface area contributed by atoms with Gasteiger partial charge in [0.15, 0.2) is 5.82 Å². The first-order valence-electron chi connectivity index (χ1n) is 3.90. The van der Waals surface area contributed by atoms with E-state index < -0.39 is 3.92 Å². The average molecular weight is 244 g/mol. The van der Waals surface area contributed by atoms with Gasteiger partial charge in [0.2, 0.25) is 0 Å². The molecule has 0 amide bonds. The molecule has 74 valence electrons. The summed E-state index contributed by atoms with van der Waals surface area (Å²) in [6.07, 6.45) is 2.84. The Morgan fingerprint density at radius 1 is 1.38 bits per heavy atom. The quantitative estimate of drug-likeness (QED) is 0.765. The van der Waals surface area contributed by atoms with Crippen LogP contribution in [0.1, 0.15) is 25.6 Å². The predicted octanol–water partition coefficient (Wildman–Crippen LogP) is 2.30. The number of hydrogen-bond acceptors (Lipinski definition) is 3. The molecule has 0 spiro atoms. The number of unbranched alkanes of at least 4 members (excludes halogenated alkanes) is 1. The Balaban J connectivity index is 2.64. The first kappa shape index (κ1) is 11.0. The highest BCUT2D eigenvalue weighted by atomic mass is 35.6. The van der Waals surface area contributed by atoms with Crippen LogP contribution in [-0.2, 0) is 10.3 Å². The highest BCUT2D eigenvalue weighted by Crippen LogP contribution is 2.29. The molecule has 0 bridgehead atoms. The zero-order valence-electron chi connectivity index (χ0n) is 7.04. The molecule has 0 saturated carbocycles. The Hall–Kier alpha value is -0.0600. The first-order chi connectivity index (χ1) is 6.04. The van der Waals surface area contributed by atoms with Crippen molar-refractivity contribution in [2.45, 2.75) is 30.1 Å². The van der Waals surface area contributed by atoms with Crippen LogP contribution in [0.15, 0.2) is 0 Å². The minimum absolute atomic E-state index is 0.605. The van der Waals surface area contributed by atoms with Crippen LogP contribution in [-0.4, -0.2) is 20.2 Å². The smallest absolute Gasteiger partial charge is 0.132 e. The van der Waals surface area contributed by atoms with E-state index in [0.717, 1.165) is 24.1 Å². The minimum Gasteiger partial charge on any atom is -0.132 e. The van der Waals surface area contributed by atoms with E-state index in [1.54, 1.807) is 0 Å². The Morgan fingerprint density at radius 3 is 2.54 bits per heavy atom. The lowest BCUT2D eigenvalue weighted by molar-refractivity contribution is 0.557. The van der Waals surface area contributed by atoms with Crippen molar-refractivity contribution in [3.05, 3.63) is 5.82 Å². The normalized spacial score (nSPS) is 12.0. The van der Waals surface area contributed by atoms with Crippen molar-refractivity contribution in [3.8, 4) is 0 Å². The second-order valence-corrected chi connectivity index (χ2v) is 4.79. The maximum Gasteiger partial charge on any atom is 0.305 e. The Morgan fingerprint density at radius 2 is 2.08 bits per heavy atom. The molecule has 4 nitrogen and oxygen atoms in total. The number of tetrazole rings is 1. The van der Waals surface area contributed by atoms with Crippen molar-refractivity contribution in [1.82, 2.24) is 20.2 Å². The third kappa shape index (κ3) is 3.29. The summed E-state index contributed by atoms with van der Waals surface area (Å²) in [6, 6.07) is 0. The monoisotopic (exact) mass is 242 g/mol. The van der Waals surface area contributed by atoms with Gasteiger partial charge in [0.25, 0.3) is 0 Å². The van der Waals surface area contributed by atoms with Crippen LogP contribution >= 0.6 is 34.8 Å². The lowest BCUT2D eigenvalue weighted by Crippen LogP contribution is -2.16. The zero-order chi connectivity index (χ0) is 9.90. The molecule has 0 aliphatic rings. The molecule has 1 aromatic heterocycles. The summed E-state index contributed by atoms with van der Waals surface area (Å²) in [4.78, 5) is 0.975. The third-order valence-electron chi connectivity index (χ3n) is 1.44. The maximum atomic E-state index is 5.53. The molecule has 0 unspecified atom stereocenters. The van der Waals surface area contributed by atoms with Crippen molar-refractivity contribution >= 4 is 34.8 Å². The van der Waals surface area contributed by atoms with Crippen molar-refractivity contribution in [3.63, 3.8) is 0 Å². The van der Waals surface area contributed by atoms with E-state index in [2.05, 4.69) is 22.3 Å². The van der Waals surface area contributed by atoms with E-state index in [1.165, 1.54) is 0 Å². The molecule has 0 atom stereocenters. The molecule has 13 heavy (non-hydrogen) atoms. The molecule has 1 rings (SSSR count). The van der Waals surface area contributed by atoms with Gasteiger partial charge in [-0.2, -0.15) is 0 Å². The largest absolute Gasteiger partial charge is 0.305 e. The number of hydrogen-bond donors (Lipinski definition) is 0. The highest BCUT2D eigenvalue weighted by Gasteiger charge is 2.25. The lowest BCUT2D eigenvalue weighted by Gasteiger charge is -2.06. The van der Waals surface area contributed by atoms with Crippen LogP contribution in [0.25, 0.3) is 0 Å². The molecule has 0 radical (unpaired) electrons. The summed E-state index contributed by atoms with van der Waals surface area (Å²) < 4.78 is -1.64. The lowest BCUT2D eigenvalue weighted by atomic mass is 10.2. The summed E-state index contributed by atoms with van der Waals surface area (Å²) in [7, 11) is 0. The van der Waals surface area contributed by atoms with Gasteiger partial charge in [-0.1, -0.05) is 48.1 Å². The van der Waals surface area contributed by atoms with Gasteiger partial charge < -0.3 is 0 Å².